The number of likely N-dealkylation sites (tertiary alicyclic amines) is 1. The summed E-state index contributed by atoms with van der Waals surface area (Å²) in [5, 5.41) is 0. The zero-order chi connectivity index (χ0) is 25.5. The van der Waals surface area contributed by atoms with Crippen LogP contribution in [-0.4, -0.2) is 53.0 Å². The molecule has 192 valence electrons. The van der Waals surface area contributed by atoms with E-state index in [-0.39, 0.29) is 37.4 Å². The first-order chi connectivity index (χ1) is 16.5. The van der Waals surface area contributed by atoms with Crippen LogP contribution in [0.1, 0.15) is 70.5 Å². The van der Waals surface area contributed by atoms with E-state index in [0.29, 0.717) is 32.5 Å². The molecule has 0 bridgehead atoms. The lowest BCUT2D eigenvalue weighted by Crippen LogP contribution is -2.46. The third-order valence-corrected chi connectivity index (χ3v) is 6.53. The van der Waals surface area contributed by atoms with Gasteiger partial charge in [-0.3, -0.25) is 14.6 Å². The molecule has 2 aromatic carbocycles. The molecule has 1 heterocycles. The lowest BCUT2D eigenvalue weighted by Gasteiger charge is -2.39. The van der Waals surface area contributed by atoms with Crippen LogP contribution in [0.3, 0.4) is 0 Å². The molecule has 0 aromatic heterocycles. The molecule has 1 aliphatic heterocycles. The minimum atomic E-state index is -2.64. The van der Waals surface area contributed by atoms with Gasteiger partial charge in [0.15, 0.2) is 0 Å². The van der Waals surface area contributed by atoms with Crippen molar-refractivity contribution in [2.45, 2.75) is 83.5 Å². The Kier molecular flexibility index (Phi) is 9.42. The molecule has 1 saturated heterocycles. The summed E-state index contributed by atoms with van der Waals surface area (Å²) in [4.78, 5) is 17.1. The molecular weight excluding hydrogens is 446 g/mol. The summed E-state index contributed by atoms with van der Waals surface area (Å²) in [6, 6.07) is 20.3. The summed E-state index contributed by atoms with van der Waals surface area (Å²) in [5.74, 6) is -2.90. The molecule has 0 saturated carbocycles. The van der Waals surface area contributed by atoms with Crippen LogP contribution in [0.25, 0.3) is 0 Å². The van der Waals surface area contributed by atoms with Crippen LogP contribution in [0.2, 0.25) is 0 Å². The second-order valence-electron chi connectivity index (χ2n) is 10.7. The maximum atomic E-state index is 14.0. The van der Waals surface area contributed by atoms with Crippen LogP contribution >= 0.6 is 0 Å². The van der Waals surface area contributed by atoms with Gasteiger partial charge in [0, 0.05) is 25.0 Å². The van der Waals surface area contributed by atoms with Gasteiger partial charge in [-0.1, -0.05) is 60.7 Å². The first-order valence-electron chi connectivity index (χ1n) is 12.7. The van der Waals surface area contributed by atoms with Gasteiger partial charge in [0.2, 0.25) is 0 Å². The zero-order valence-electron chi connectivity index (χ0n) is 21.6. The largest absolute Gasteiger partial charge is 0.460 e. The maximum absolute atomic E-state index is 14.0. The standard InChI is InChI=1S/C29H40F2N2O2/c1-23(25-14-9-6-10-15-25)33(21-24-12-7-5-8-13-24)26(20-27(34)35-28(2,3)4)16-19-32-18-11-17-29(30,31)22-32/h5-10,12-15,23,26H,11,16-22H2,1-4H3/t23-,26?/m0/s1. The van der Waals surface area contributed by atoms with Gasteiger partial charge in [0.05, 0.1) is 13.0 Å². The first kappa shape index (κ1) is 27.3. The van der Waals surface area contributed by atoms with Crippen molar-refractivity contribution in [3.63, 3.8) is 0 Å². The van der Waals surface area contributed by atoms with E-state index in [1.165, 1.54) is 0 Å². The van der Waals surface area contributed by atoms with Crippen LogP contribution in [0.5, 0.6) is 0 Å². The van der Waals surface area contributed by atoms with Gasteiger partial charge in [-0.2, -0.15) is 0 Å². The molecule has 0 N–H and O–H groups in total. The second-order valence-corrected chi connectivity index (χ2v) is 10.7. The Balaban J connectivity index is 1.86. The topological polar surface area (TPSA) is 32.8 Å². The van der Waals surface area contributed by atoms with E-state index in [0.717, 1.165) is 11.1 Å². The van der Waals surface area contributed by atoms with Crippen LogP contribution in [-0.2, 0) is 16.1 Å². The van der Waals surface area contributed by atoms with Crippen molar-refractivity contribution < 1.29 is 18.3 Å². The summed E-state index contributed by atoms with van der Waals surface area (Å²) in [6.07, 6.45) is 1.28. The minimum Gasteiger partial charge on any atom is -0.460 e. The van der Waals surface area contributed by atoms with Gasteiger partial charge in [-0.05, 0) is 64.8 Å². The van der Waals surface area contributed by atoms with Crippen molar-refractivity contribution in [1.82, 2.24) is 9.80 Å². The monoisotopic (exact) mass is 486 g/mol. The number of ether oxygens (including phenoxy) is 1. The lowest BCUT2D eigenvalue weighted by atomic mass is 9.99. The van der Waals surface area contributed by atoms with Crippen molar-refractivity contribution in [3.05, 3.63) is 71.8 Å². The highest BCUT2D eigenvalue weighted by Gasteiger charge is 2.36. The summed E-state index contributed by atoms with van der Waals surface area (Å²) >= 11 is 0. The molecule has 6 heteroatoms. The van der Waals surface area contributed by atoms with Crippen LogP contribution in [0, 0.1) is 0 Å². The molecule has 0 amide bonds. The zero-order valence-corrected chi connectivity index (χ0v) is 21.6. The number of piperidine rings is 1. The Hall–Kier alpha value is -2.31. The normalized spacial score (nSPS) is 18.3. The van der Waals surface area contributed by atoms with Crippen LogP contribution in [0.15, 0.2) is 60.7 Å². The van der Waals surface area contributed by atoms with Crippen molar-refractivity contribution >= 4 is 5.97 Å². The Morgan fingerprint density at radius 2 is 1.71 bits per heavy atom. The van der Waals surface area contributed by atoms with E-state index in [2.05, 4.69) is 36.1 Å². The smallest absolute Gasteiger partial charge is 0.307 e. The fourth-order valence-electron chi connectivity index (χ4n) is 4.83. The number of hydrogen-bond acceptors (Lipinski definition) is 4. The first-order valence-corrected chi connectivity index (χ1v) is 12.7. The summed E-state index contributed by atoms with van der Waals surface area (Å²) in [6.45, 7) is 9.38. The Morgan fingerprint density at radius 1 is 1.09 bits per heavy atom. The van der Waals surface area contributed by atoms with Crippen molar-refractivity contribution in [2.75, 3.05) is 19.6 Å². The van der Waals surface area contributed by atoms with Crippen molar-refractivity contribution in [3.8, 4) is 0 Å². The van der Waals surface area contributed by atoms with Crippen LogP contribution in [0.4, 0.5) is 8.78 Å². The third-order valence-electron chi connectivity index (χ3n) is 6.53. The van der Waals surface area contributed by atoms with Gasteiger partial charge < -0.3 is 4.74 Å². The van der Waals surface area contributed by atoms with Crippen molar-refractivity contribution in [1.29, 1.82) is 0 Å². The average molecular weight is 487 g/mol. The van der Waals surface area contributed by atoms with E-state index in [9.17, 15) is 13.6 Å². The number of carbonyl (C=O) groups is 1. The minimum absolute atomic E-state index is 0.0339. The quantitative estimate of drug-likeness (QED) is 0.360. The molecule has 1 aliphatic rings. The molecule has 2 atom stereocenters. The highest BCUT2D eigenvalue weighted by molar-refractivity contribution is 5.70. The molecule has 0 radical (unpaired) electrons. The van der Waals surface area contributed by atoms with Gasteiger partial charge in [0.25, 0.3) is 5.92 Å². The Labute approximate surface area is 209 Å². The van der Waals surface area contributed by atoms with Crippen molar-refractivity contribution in [2.24, 2.45) is 0 Å². The lowest BCUT2D eigenvalue weighted by molar-refractivity contribution is -0.156. The molecule has 1 fully saturated rings. The summed E-state index contributed by atoms with van der Waals surface area (Å²) < 4.78 is 33.8. The van der Waals surface area contributed by atoms with Gasteiger partial charge in [-0.25, -0.2) is 8.78 Å². The number of esters is 1. The number of nitrogens with zero attached hydrogens (tertiary/aromatic N) is 2. The highest BCUT2D eigenvalue weighted by atomic mass is 19.3. The SMILES string of the molecule is C[C@@H](c1ccccc1)N(Cc1ccccc1)C(CCN1CCCC(F)(F)C1)CC(=O)OC(C)(C)C. The van der Waals surface area contributed by atoms with Gasteiger partial charge >= 0.3 is 5.97 Å². The number of halogens is 2. The van der Waals surface area contributed by atoms with E-state index in [1.807, 2.05) is 62.1 Å². The highest BCUT2D eigenvalue weighted by Crippen LogP contribution is 2.30. The number of alkyl halides is 2. The molecule has 3 rings (SSSR count). The molecule has 0 spiro atoms. The maximum Gasteiger partial charge on any atom is 0.307 e. The second kappa shape index (κ2) is 12.1. The molecule has 4 nitrogen and oxygen atoms in total. The molecular formula is C29H40F2N2O2. The van der Waals surface area contributed by atoms with E-state index >= 15 is 0 Å². The van der Waals surface area contributed by atoms with E-state index in [4.69, 9.17) is 4.74 Å². The predicted molar refractivity (Wildman–Crippen MR) is 136 cm³/mol. The molecule has 35 heavy (non-hydrogen) atoms. The third kappa shape index (κ3) is 9.01. The Morgan fingerprint density at radius 3 is 2.31 bits per heavy atom. The number of hydrogen-bond donors (Lipinski definition) is 0. The average Bonchev–Trinajstić information content (AvgIpc) is 2.79. The van der Waals surface area contributed by atoms with E-state index < -0.39 is 11.5 Å². The number of carbonyl (C=O) groups excluding carboxylic acids is 1. The number of rotatable bonds is 10. The van der Waals surface area contributed by atoms with Crippen LogP contribution < -0.4 is 0 Å². The molecule has 1 unspecified atom stereocenters. The van der Waals surface area contributed by atoms with Gasteiger partial charge in [0.1, 0.15) is 5.60 Å². The molecule has 2 aromatic rings. The van der Waals surface area contributed by atoms with E-state index in [1.54, 1.807) is 0 Å². The van der Waals surface area contributed by atoms with Gasteiger partial charge in [-0.15, -0.1) is 0 Å². The Bertz CT molecular complexity index is 915. The summed E-state index contributed by atoms with van der Waals surface area (Å²) in [7, 11) is 0. The predicted octanol–water partition coefficient (Wildman–Crippen LogP) is 6.47. The fourth-order valence-corrected chi connectivity index (χ4v) is 4.83. The molecule has 0 aliphatic carbocycles. The fraction of sp³-hybridized carbons (Fsp3) is 0.552. The number of benzene rings is 2. The summed E-state index contributed by atoms with van der Waals surface area (Å²) in [5.41, 5.74) is 1.72.